The van der Waals surface area contributed by atoms with Crippen LogP contribution in [-0.2, 0) is 0 Å². The van der Waals surface area contributed by atoms with E-state index < -0.39 is 0 Å². The lowest BCUT2D eigenvalue weighted by atomic mass is 10.3. The summed E-state index contributed by atoms with van der Waals surface area (Å²) in [6.45, 7) is 4.96. The summed E-state index contributed by atoms with van der Waals surface area (Å²) in [5.74, 6) is 0. The molecule has 0 fully saturated rings. The first kappa shape index (κ1) is 11.9. The zero-order valence-corrected chi connectivity index (χ0v) is 8.75. The molecule has 0 radical (unpaired) electrons. The third-order valence-corrected chi connectivity index (χ3v) is 1.86. The van der Waals surface area contributed by atoms with Gasteiger partial charge in [0, 0.05) is 19.6 Å². The van der Waals surface area contributed by atoms with Crippen molar-refractivity contribution in [1.82, 2.24) is 9.80 Å². The Hall–Kier alpha value is -0.120. The molecule has 0 aromatic heterocycles. The van der Waals surface area contributed by atoms with E-state index in [9.17, 15) is 0 Å². The van der Waals surface area contributed by atoms with E-state index in [2.05, 4.69) is 30.9 Å². The lowest BCUT2D eigenvalue weighted by Gasteiger charge is -2.19. The largest absolute Gasteiger partial charge is 0.393 e. The van der Waals surface area contributed by atoms with Gasteiger partial charge in [0.25, 0.3) is 0 Å². The van der Waals surface area contributed by atoms with Crippen molar-refractivity contribution in [2.45, 2.75) is 19.4 Å². The highest BCUT2D eigenvalue weighted by atomic mass is 16.3. The number of nitrogens with zero attached hydrogens (tertiary/aromatic N) is 2. The standard InChI is InChI=1S/C9H22N2O/c1-9(12)5-6-11(4)8-7-10(2)3/h9,12H,5-8H2,1-4H3. The molecule has 1 N–H and O–H groups in total. The van der Waals surface area contributed by atoms with Crippen molar-refractivity contribution < 1.29 is 5.11 Å². The van der Waals surface area contributed by atoms with E-state index in [1.807, 2.05) is 6.92 Å². The number of rotatable bonds is 6. The minimum atomic E-state index is -0.174. The maximum absolute atomic E-state index is 9.04. The summed E-state index contributed by atoms with van der Waals surface area (Å²) in [6, 6.07) is 0. The topological polar surface area (TPSA) is 26.7 Å². The van der Waals surface area contributed by atoms with Crippen molar-refractivity contribution in [1.29, 1.82) is 0 Å². The van der Waals surface area contributed by atoms with Crippen LogP contribution in [0.2, 0.25) is 0 Å². The van der Waals surface area contributed by atoms with Crippen molar-refractivity contribution in [3.63, 3.8) is 0 Å². The van der Waals surface area contributed by atoms with E-state index in [1.54, 1.807) is 0 Å². The number of hydrogen-bond donors (Lipinski definition) is 1. The van der Waals surface area contributed by atoms with E-state index >= 15 is 0 Å². The van der Waals surface area contributed by atoms with Crippen molar-refractivity contribution in [2.75, 3.05) is 40.8 Å². The van der Waals surface area contributed by atoms with E-state index in [1.165, 1.54) is 0 Å². The monoisotopic (exact) mass is 174 g/mol. The lowest BCUT2D eigenvalue weighted by Crippen LogP contribution is -2.30. The van der Waals surface area contributed by atoms with Crippen LogP contribution < -0.4 is 0 Å². The molecule has 3 heteroatoms. The summed E-state index contributed by atoms with van der Waals surface area (Å²) in [7, 11) is 6.23. The van der Waals surface area contributed by atoms with E-state index in [4.69, 9.17) is 5.11 Å². The average Bonchev–Trinajstić information content (AvgIpc) is 1.96. The van der Waals surface area contributed by atoms with Gasteiger partial charge in [0.1, 0.15) is 0 Å². The number of aliphatic hydroxyl groups excluding tert-OH is 1. The summed E-state index contributed by atoms with van der Waals surface area (Å²) in [6.07, 6.45) is 0.691. The molecule has 1 unspecified atom stereocenters. The Morgan fingerprint density at radius 1 is 1.08 bits per heavy atom. The molecule has 0 amide bonds. The molecule has 0 aliphatic carbocycles. The van der Waals surface area contributed by atoms with Crippen LogP contribution in [0.5, 0.6) is 0 Å². The Bertz CT molecular complexity index is 92.7. The van der Waals surface area contributed by atoms with Crippen LogP contribution in [0.25, 0.3) is 0 Å². The van der Waals surface area contributed by atoms with Gasteiger partial charge >= 0.3 is 0 Å². The normalized spacial score (nSPS) is 14.2. The maximum atomic E-state index is 9.04. The summed E-state index contributed by atoms with van der Waals surface area (Å²) in [5, 5.41) is 9.04. The molecule has 0 saturated carbocycles. The fourth-order valence-electron chi connectivity index (χ4n) is 0.890. The molecule has 0 rings (SSSR count). The molecular weight excluding hydrogens is 152 g/mol. The number of likely N-dealkylation sites (N-methyl/N-ethyl adjacent to an activating group) is 2. The first-order valence-electron chi connectivity index (χ1n) is 4.53. The van der Waals surface area contributed by atoms with Crippen LogP contribution in [0.1, 0.15) is 13.3 Å². The second-order valence-corrected chi connectivity index (χ2v) is 3.74. The Labute approximate surface area is 76.0 Å². The highest BCUT2D eigenvalue weighted by molar-refractivity contribution is 4.56. The Morgan fingerprint density at radius 3 is 2.08 bits per heavy atom. The smallest absolute Gasteiger partial charge is 0.0524 e. The molecule has 0 bridgehead atoms. The van der Waals surface area contributed by atoms with Gasteiger partial charge in [0.15, 0.2) is 0 Å². The predicted octanol–water partition coefficient (Wildman–Crippen LogP) is 0.251. The summed E-state index contributed by atoms with van der Waals surface area (Å²) in [5.41, 5.74) is 0. The van der Waals surface area contributed by atoms with Crippen LogP contribution in [0.15, 0.2) is 0 Å². The summed E-state index contributed by atoms with van der Waals surface area (Å²) < 4.78 is 0. The van der Waals surface area contributed by atoms with E-state index in [0.29, 0.717) is 0 Å². The molecule has 0 saturated heterocycles. The number of aliphatic hydroxyl groups is 1. The zero-order valence-electron chi connectivity index (χ0n) is 8.75. The second kappa shape index (κ2) is 6.40. The predicted molar refractivity (Wildman–Crippen MR) is 52.3 cm³/mol. The maximum Gasteiger partial charge on any atom is 0.0524 e. The zero-order chi connectivity index (χ0) is 9.56. The number of hydrogen-bond acceptors (Lipinski definition) is 3. The molecule has 0 aliphatic heterocycles. The average molecular weight is 174 g/mol. The Kier molecular flexibility index (Phi) is 6.34. The van der Waals surface area contributed by atoms with Crippen LogP contribution in [0, 0.1) is 0 Å². The van der Waals surface area contributed by atoms with Crippen LogP contribution >= 0.6 is 0 Å². The third-order valence-electron chi connectivity index (χ3n) is 1.86. The molecule has 0 heterocycles. The lowest BCUT2D eigenvalue weighted by molar-refractivity contribution is 0.161. The third kappa shape index (κ3) is 7.98. The van der Waals surface area contributed by atoms with Gasteiger partial charge in [-0.15, -0.1) is 0 Å². The van der Waals surface area contributed by atoms with Gasteiger partial charge in [-0.25, -0.2) is 0 Å². The first-order chi connectivity index (χ1) is 5.52. The minimum Gasteiger partial charge on any atom is -0.393 e. The van der Waals surface area contributed by atoms with Gasteiger partial charge in [-0.3, -0.25) is 0 Å². The van der Waals surface area contributed by atoms with E-state index in [0.717, 1.165) is 26.1 Å². The van der Waals surface area contributed by atoms with Crippen LogP contribution in [0.3, 0.4) is 0 Å². The molecular formula is C9H22N2O. The van der Waals surface area contributed by atoms with Crippen LogP contribution in [0.4, 0.5) is 0 Å². The highest BCUT2D eigenvalue weighted by Crippen LogP contribution is 1.92. The van der Waals surface area contributed by atoms with Gasteiger partial charge in [0.2, 0.25) is 0 Å². The summed E-state index contributed by atoms with van der Waals surface area (Å²) in [4.78, 5) is 4.41. The van der Waals surface area contributed by atoms with Gasteiger partial charge in [-0.05, 0) is 34.5 Å². The second-order valence-electron chi connectivity index (χ2n) is 3.74. The molecule has 0 aromatic rings. The quantitative estimate of drug-likeness (QED) is 0.625. The molecule has 1 atom stereocenters. The Morgan fingerprint density at radius 2 is 1.67 bits per heavy atom. The Balaban J connectivity index is 3.27. The van der Waals surface area contributed by atoms with Crippen molar-refractivity contribution >= 4 is 0 Å². The SMILES string of the molecule is CC(O)CCN(C)CCN(C)C. The van der Waals surface area contributed by atoms with Gasteiger partial charge in [-0.2, -0.15) is 0 Å². The molecule has 0 aromatic carbocycles. The molecule has 0 aliphatic rings. The molecule has 12 heavy (non-hydrogen) atoms. The highest BCUT2D eigenvalue weighted by Gasteiger charge is 2.01. The van der Waals surface area contributed by atoms with Crippen molar-refractivity contribution in [3.8, 4) is 0 Å². The van der Waals surface area contributed by atoms with Crippen molar-refractivity contribution in [3.05, 3.63) is 0 Å². The molecule has 0 spiro atoms. The van der Waals surface area contributed by atoms with E-state index in [-0.39, 0.29) is 6.10 Å². The van der Waals surface area contributed by atoms with Gasteiger partial charge in [0.05, 0.1) is 6.10 Å². The molecule has 3 nitrogen and oxygen atoms in total. The first-order valence-corrected chi connectivity index (χ1v) is 4.53. The molecule has 74 valence electrons. The fourth-order valence-corrected chi connectivity index (χ4v) is 0.890. The minimum absolute atomic E-state index is 0.174. The van der Waals surface area contributed by atoms with Gasteiger partial charge in [-0.1, -0.05) is 0 Å². The van der Waals surface area contributed by atoms with Crippen molar-refractivity contribution in [2.24, 2.45) is 0 Å². The fraction of sp³-hybridized carbons (Fsp3) is 1.00. The summed E-state index contributed by atoms with van der Waals surface area (Å²) >= 11 is 0. The van der Waals surface area contributed by atoms with Crippen LogP contribution in [-0.4, -0.2) is 61.8 Å². The van der Waals surface area contributed by atoms with Gasteiger partial charge < -0.3 is 14.9 Å².